The van der Waals surface area contributed by atoms with Gasteiger partial charge in [0.1, 0.15) is 5.75 Å². The summed E-state index contributed by atoms with van der Waals surface area (Å²) in [7, 11) is 0. The van der Waals surface area contributed by atoms with Gasteiger partial charge in [0.15, 0.2) is 6.73 Å². The number of nitrogens with zero attached hydrogens (tertiary/aromatic N) is 1. The number of hydrogen-bond acceptors (Lipinski definition) is 2. The molecule has 0 saturated carbocycles. The first-order valence-corrected chi connectivity index (χ1v) is 6.40. The fourth-order valence-corrected chi connectivity index (χ4v) is 2.09. The molecule has 0 atom stereocenters. The van der Waals surface area contributed by atoms with Crippen molar-refractivity contribution in [3.63, 3.8) is 0 Å². The van der Waals surface area contributed by atoms with E-state index >= 15 is 0 Å². The Morgan fingerprint density at radius 3 is 2.78 bits per heavy atom. The van der Waals surface area contributed by atoms with Gasteiger partial charge in [0.25, 0.3) is 0 Å². The number of aryl methyl sites for hydroxylation is 1. The van der Waals surface area contributed by atoms with Gasteiger partial charge in [0.2, 0.25) is 0 Å². The van der Waals surface area contributed by atoms with Crippen LogP contribution in [0.4, 0.5) is 4.79 Å². The topological polar surface area (TPSA) is 41.6 Å². The first-order chi connectivity index (χ1) is 8.68. The number of urea groups is 1. The summed E-state index contributed by atoms with van der Waals surface area (Å²) in [5.41, 5.74) is 2.31. The van der Waals surface area contributed by atoms with E-state index in [1.54, 1.807) is 0 Å². The van der Waals surface area contributed by atoms with Gasteiger partial charge in [-0.1, -0.05) is 12.1 Å². The molecule has 98 valence electrons. The molecule has 1 aliphatic heterocycles. The highest BCUT2D eigenvalue weighted by molar-refractivity contribution is 5.74. The fourth-order valence-electron chi connectivity index (χ4n) is 2.09. The maximum absolute atomic E-state index is 11.7. The summed E-state index contributed by atoms with van der Waals surface area (Å²) in [6, 6.07) is 5.90. The Kier molecular flexibility index (Phi) is 4.07. The summed E-state index contributed by atoms with van der Waals surface area (Å²) >= 11 is 0. The molecule has 0 bridgehead atoms. The van der Waals surface area contributed by atoms with Crippen LogP contribution in [-0.4, -0.2) is 30.8 Å². The van der Waals surface area contributed by atoms with E-state index in [4.69, 9.17) is 4.74 Å². The first-order valence-electron chi connectivity index (χ1n) is 6.40. The second-order valence-corrected chi connectivity index (χ2v) is 4.66. The quantitative estimate of drug-likeness (QED) is 0.835. The second kappa shape index (κ2) is 5.76. The van der Waals surface area contributed by atoms with E-state index in [1.165, 1.54) is 5.56 Å². The third-order valence-corrected chi connectivity index (χ3v) is 3.40. The van der Waals surface area contributed by atoms with E-state index in [-0.39, 0.29) is 12.8 Å². The van der Waals surface area contributed by atoms with Gasteiger partial charge in [-0.15, -0.1) is 0 Å². The van der Waals surface area contributed by atoms with Crippen LogP contribution < -0.4 is 10.1 Å². The monoisotopic (exact) mass is 248 g/mol. The summed E-state index contributed by atoms with van der Waals surface area (Å²) in [5.74, 6) is 0.830. The highest BCUT2D eigenvalue weighted by Crippen LogP contribution is 2.20. The summed E-state index contributed by atoms with van der Waals surface area (Å²) in [5, 5.41) is 2.78. The molecule has 1 aliphatic rings. The highest BCUT2D eigenvalue weighted by atomic mass is 16.5. The second-order valence-electron chi connectivity index (χ2n) is 4.66. The maximum Gasteiger partial charge on any atom is 0.320 e. The fraction of sp³-hybridized carbons (Fsp3) is 0.500. The van der Waals surface area contributed by atoms with Crippen molar-refractivity contribution < 1.29 is 9.53 Å². The number of carbonyl (C=O) groups is 1. The Morgan fingerprint density at radius 2 is 2.06 bits per heavy atom. The van der Waals surface area contributed by atoms with Crippen LogP contribution in [0.5, 0.6) is 5.75 Å². The summed E-state index contributed by atoms with van der Waals surface area (Å²) in [4.78, 5) is 13.5. The smallest absolute Gasteiger partial charge is 0.320 e. The van der Waals surface area contributed by atoms with Gasteiger partial charge in [-0.3, -0.25) is 0 Å². The van der Waals surface area contributed by atoms with E-state index in [9.17, 15) is 4.79 Å². The minimum atomic E-state index is -0.0298. The van der Waals surface area contributed by atoms with E-state index < -0.39 is 0 Å². The number of hydrogen-bond donors (Lipinski definition) is 1. The van der Waals surface area contributed by atoms with Crippen molar-refractivity contribution in [1.29, 1.82) is 0 Å². The van der Waals surface area contributed by atoms with E-state index in [0.29, 0.717) is 0 Å². The zero-order chi connectivity index (χ0) is 13.0. The van der Waals surface area contributed by atoms with Crippen molar-refractivity contribution in [2.24, 2.45) is 0 Å². The standard InChI is InChI=1S/C14H20N2O2/c1-11-6-5-7-13(12(11)2)18-10-15-14(17)16-8-3-4-9-16/h5-7H,3-4,8-10H2,1-2H3,(H,15,17). The van der Waals surface area contributed by atoms with Crippen molar-refractivity contribution in [1.82, 2.24) is 10.2 Å². The molecule has 0 spiro atoms. The third-order valence-electron chi connectivity index (χ3n) is 3.40. The van der Waals surface area contributed by atoms with Crippen LogP contribution in [-0.2, 0) is 0 Å². The molecule has 1 heterocycles. The predicted octanol–water partition coefficient (Wildman–Crippen LogP) is 2.45. The Hall–Kier alpha value is -1.71. The molecular weight excluding hydrogens is 228 g/mol. The molecule has 0 aromatic heterocycles. The molecule has 0 unspecified atom stereocenters. The van der Waals surface area contributed by atoms with Crippen LogP contribution in [0, 0.1) is 13.8 Å². The van der Waals surface area contributed by atoms with Crippen LogP contribution in [0.2, 0.25) is 0 Å². The molecule has 1 aromatic rings. The van der Waals surface area contributed by atoms with Crippen molar-refractivity contribution in [2.75, 3.05) is 19.8 Å². The average Bonchev–Trinajstić information content (AvgIpc) is 2.88. The lowest BCUT2D eigenvalue weighted by atomic mass is 10.1. The van der Waals surface area contributed by atoms with Crippen molar-refractivity contribution in [2.45, 2.75) is 26.7 Å². The molecule has 2 amide bonds. The average molecular weight is 248 g/mol. The van der Waals surface area contributed by atoms with Crippen LogP contribution in [0.3, 0.4) is 0 Å². The SMILES string of the molecule is Cc1cccc(OCNC(=O)N2CCCC2)c1C. The Balaban J connectivity index is 1.81. The molecular formula is C14H20N2O2. The largest absolute Gasteiger partial charge is 0.473 e. The van der Waals surface area contributed by atoms with E-state index in [0.717, 1.165) is 37.2 Å². The lowest BCUT2D eigenvalue weighted by Gasteiger charge is -2.17. The number of amides is 2. The minimum Gasteiger partial charge on any atom is -0.473 e. The Labute approximate surface area is 108 Å². The normalized spacial score (nSPS) is 14.7. The molecule has 18 heavy (non-hydrogen) atoms. The third kappa shape index (κ3) is 2.94. The van der Waals surface area contributed by atoms with Gasteiger partial charge in [0, 0.05) is 13.1 Å². The van der Waals surface area contributed by atoms with E-state index in [1.807, 2.05) is 36.9 Å². The van der Waals surface area contributed by atoms with Crippen LogP contribution in [0.1, 0.15) is 24.0 Å². The summed E-state index contributed by atoms with van der Waals surface area (Å²) < 4.78 is 5.59. The lowest BCUT2D eigenvalue weighted by molar-refractivity contribution is 0.194. The molecule has 0 radical (unpaired) electrons. The van der Waals surface area contributed by atoms with Crippen LogP contribution in [0.15, 0.2) is 18.2 Å². The van der Waals surface area contributed by atoms with Gasteiger partial charge in [-0.05, 0) is 43.9 Å². The Morgan fingerprint density at radius 1 is 1.33 bits per heavy atom. The molecule has 1 N–H and O–H groups in total. The molecule has 4 heteroatoms. The van der Waals surface area contributed by atoms with Gasteiger partial charge in [-0.25, -0.2) is 4.79 Å². The van der Waals surface area contributed by atoms with Crippen molar-refractivity contribution in [3.8, 4) is 5.75 Å². The zero-order valence-electron chi connectivity index (χ0n) is 11.0. The maximum atomic E-state index is 11.7. The number of ether oxygens (including phenoxy) is 1. The van der Waals surface area contributed by atoms with Gasteiger partial charge in [-0.2, -0.15) is 0 Å². The minimum absolute atomic E-state index is 0.0298. The summed E-state index contributed by atoms with van der Waals surface area (Å²) in [6.45, 7) is 6.00. The summed E-state index contributed by atoms with van der Waals surface area (Å²) in [6.07, 6.45) is 2.20. The number of rotatable bonds is 3. The molecule has 0 aliphatic carbocycles. The van der Waals surface area contributed by atoms with Crippen molar-refractivity contribution >= 4 is 6.03 Å². The van der Waals surface area contributed by atoms with Gasteiger partial charge >= 0.3 is 6.03 Å². The molecule has 4 nitrogen and oxygen atoms in total. The first kappa shape index (κ1) is 12.7. The zero-order valence-corrected chi connectivity index (χ0v) is 11.0. The predicted molar refractivity (Wildman–Crippen MR) is 70.7 cm³/mol. The van der Waals surface area contributed by atoms with Crippen LogP contribution in [0.25, 0.3) is 0 Å². The molecule has 1 aromatic carbocycles. The van der Waals surface area contributed by atoms with Crippen molar-refractivity contribution in [3.05, 3.63) is 29.3 Å². The van der Waals surface area contributed by atoms with E-state index in [2.05, 4.69) is 5.32 Å². The number of carbonyl (C=O) groups excluding carboxylic acids is 1. The molecule has 1 saturated heterocycles. The number of likely N-dealkylation sites (tertiary alicyclic amines) is 1. The lowest BCUT2D eigenvalue weighted by Crippen LogP contribution is -2.39. The van der Waals surface area contributed by atoms with Gasteiger partial charge < -0.3 is 15.0 Å². The highest BCUT2D eigenvalue weighted by Gasteiger charge is 2.17. The Bertz CT molecular complexity index is 426. The van der Waals surface area contributed by atoms with Gasteiger partial charge in [0.05, 0.1) is 0 Å². The number of nitrogens with one attached hydrogen (secondary N) is 1. The molecule has 2 rings (SSSR count). The number of benzene rings is 1. The molecule has 1 fully saturated rings. The van der Waals surface area contributed by atoms with Crippen LogP contribution >= 0.6 is 0 Å².